The second-order valence-electron chi connectivity index (χ2n) is 7.52. The third-order valence-corrected chi connectivity index (χ3v) is 4.45. The van der Waals surface area contributed by atoms with Gasteiger partial charge in [0.1, 0.15) is 18.5 Å². The number of carboxylic acids is 1. The van der Waals surface area contributed by atoms with E-state index >= 15 is 0 Å². The Morgan fingerprint density at radius 2 is 1.85 bits per heavy atom. The smallest absolute Gasteiger partial charge is 0.375 e. The summed E-state index contributed by atoms with van der Waals surface area (Å²) in [6.07, 6.45) is -0.532. The summed E-state index contributed by atoms with van der Waals surface area (Å²) in [6, 6.07) is 10.5. The molecule has 0 aliphatic carbocycles. The number of hydrogen-bond donors (Lipinski definition) is 1. The third-order valence-electron chi connectivity index (χ3n) is 3.74. The number of carboxylic acid groups (broad SMARTS) is 1. The first-order valence-electron chi connectivity index (χ1n) is 8.64. The summed E-state index contributed by atoms with van der Waals surface area (Å²) in [7, 11) is -1.10. The first-order valence-corrected chi connectivity index (χ1v) is 11.0. The maximum absolute atomic E-state index is 12.6. The molecule has 1 atom stereocenters. The van der Waals surface area contributed by atoms with Crippen molar-refractivity contribution in [2.75, 3.05) is 0 Å². The van der Waals surface area contributed by atoms with E-state index in [-0.39, 0.29) is 23.5 Å². The lowest BCUT2D eigenvalue weighted by molar-refractivity contribution is 0.0529. The molecule has 0 aliphatic heterocycles. The van der Waals surface area contributed by atoms with Crippen molar-refractivity contribution in [3.05, 3.63) is 63.7 Å². The molecule has 0 saturated heterocycles. The predicted octanol–water partition coefficient (Wildman–Crippen LogP) is 4.27. The lowest BCUT2D eigenvalue weighted by Crippen LogP contribution is -2.27. The molecule has 0 saturated carbocycles. The van der Waals surface area contributed by atoms with Crippen LogP contribution in [-0.4, -0.2) is 20.1 Å². The Balaban J connectivity index is 2.43. The minimum absolute atomic E-state index is 0.0709. The molecule has 7 heteroatoms. The monoisotopic (exact) mass is 389 g/mol. The summed E-state index contributed by atoms with van der Waals surface area (Å²) in [4.78, 5) is 24.3. The summed E-state index contributed by atoms with van der Waals surface area (Å²) in [6.45, 7) is 9.85. The fourth-order valence-electron chi connectivity index (χ4n) is 2.53. The standard InChI is InChI=1S/C20H25O6Si/c1-20(2,3)18(26-27(4)5)15-11-14(21)16(17(25-15)19(22)23)24-12-13-9-7-6-8-10-13/h6-11,18H,12H2,1-5H3,(H,22,23). The second-order valence-corrected chi connectivity index (χ2v) is 9.58. The molecule has 1 N–H and O–H groups in total. The largest absolute Gasteiger partial charge is 0.481 e. The molecule has 1 unspecified atom stereocenters. The number of rotatable bonds is 7. The van der Waals surface area contributed by atoms with Crippen LogP contribution in [-0.2, 0) is 11.0 Å². The third kappa shape index (κ3) is 5.54. The van der Waals surface area contributed by atoms with Gasteiger partial charge in [0.05, 0.1) is 0 Å². The topological polar surface area (TPSA) is 86.0 Å². The van der Waals surface area contributed by atoms with E-state index in [0.717, 1.165) is 5.56 Å². The van der Waals surface area contributed by atoms with Crippen LogP contribution in [0.5, 0.6) is 5.75 Å². The zero-order valence-electron chi connectivity index (χ0n) is 16.2. The first-order chi connectivity index (χ1) is 12.6. The van der Waals surface area contributed by atoms with Crippen molar-refractivity contribution in [1.82, 2.24) is 0 Å². The maximum Gasteiger partial charge on any atom is 0.375 e. The van der Waals surface area contributed by atoms with Gasteiger partial charge in [-0.3, -0.25) is 4.79 Å². The van der Waals surface area contributed by atoms with Crippen LogP contribution >= 0.6 is 0 Å². The highest BCUT2D eigenvalue weighted by atomic mass is 28.3. The van der Waals surface area contributed by atoms with Crippen molar-refractivity contribution >= 4 is 15.0 Å². The van der Waals surface area contributed by atoms with Crippen LogP contribution in [0.4, 0.5) is 0 Å². The van der Waals surface area contributed by atoms with Crippen LogP contribution in [0.15, 0.2) is 45.6 Å². The van der Waals surface area contributed by atoms with Crippen molar-refractivity contribution in [1.29, 1.82) is 0 Å². The average Bonchev–Trinajstić information content (AvgIpc) is 2.57. The lowest BCUT2D eigenvalue weighted by atomic mass is 9.87. The summed E-state index contributed by atoms with van der Waals surface area (Å²) in [5, 5.41) is 9.53. The van der Waals surface area contributed by atoms with E-state index in [1.807, 2.05) is 64.2 Å². The lowest BCUT2D eigenvalue weighted by Gasteiger charge is -2.31. The molecule has 6 nitrogen and oxygen atoms in total. The summed E-state index contributed by atoms with van der Waals surface area (Å²) >= 11 is 0. The highest BCUT2D eigenvalue weighted by Crippen LogP contribution is 2.37. The SMILES string of the molecule is C[Si](C)OC(c1cc(=O)c(OCc2ccccc2)c(C(=O)O)o1)C(C)(C)C. The van der Waals surface area contributed by atoms with E-state index in [9.17, 15) is 14.7 Å². The molecule has 145 valence electrons. The molecule has 27 heavy (non-hydrogen) atoms. The minimum Gasteiger partial charge on any atom is -0.481 e. The Bertz CT molecular complexity index is 836. The Morgan fingerprint density at radius 3 is 2.37 bits per heavy atom. The Morgan fingerprint density at radius 1 is 1.22 bits per heavy atom. The van der Waals surface area contributed by atoms with Gasteiger partial charge in [-0.1, -0.05) is 51.1 Å². The van der Waals surface area contributed by atoms with Gasteiger partial charge in [-0.05, 0) is 24.1 Å². The van der Waals surface area contributed by atoms with E-state index in [1.54, 1.807) is 0 Å². The molecule has 0 amide bonds. The average molecular weight is 390 g/mol. The van der Waals surface area contributed by atoms with Gasteiger partial charge in [-0.25, -0.2) is 4.79 Å². The second kappa shape index (κ2) is 8.54. The number of ether oxygens (including phenoxy) is 1. The van der Waals surface area contributed by atoms with Gasteiger partial charge >= 0.3 is 5.97 Å². The molecule has 1 aromatic carbocycles. The van der Waals surface area contributed by atoms with Gasteiger partial charge < -0.3 is 18.7 Å². The van der Waals surface area contributed by atoms with Gasteiger partial charge in [0.25, 0.3) is 5.76 Å². The van der Waals surface area contributed by atoms with Crippen molar-refractivity contribution in [2.45, 2.75) is 46.6 Å². The van der Waals surface area contributed by atoms with Crippen LogP contribution in [0.1, 0.15) is 48.8 Å². The molecule has 2 rings (SSSR count). The van der Waals surface area contributed by atoms with Crippen LogP contribution in [0.2, 0.25) is 13.1 Å². The highest BCUT2D eigenvalue weighted by Gasteiger charge is 2.33. The first kappa shape index (κ1) is 20.9. The molecule has 1 heterocycles. The van der Waals surface area contributed by atoms with Gasteiger partial charge in [0, 0.05) is 6.07 Å². The maximum atomic E-state index is 12.6. The molecule has 1 aromatic heterocycles. The highest BCUT2D eigenvalue weighted by molar-refractivity contribution is 6.48. The van der Waals surface area contributed by atoms with E-state index in [4.69, 9.17) is 13.6 Å². The van der Waals surface area contributed by atoms with Crippen LogP contribution in [0, 0.1) is 5.41 Å². The molecule has 0 aliphatic rings. The molecule has 0 fully saturated rings. The van der Waals surface area contributed by atoms with Crippen molar-refractivity contribution in [3.8, 4) is 5.75 Å². The zero-order chi connectivity index (χ0) is 20.2. The van der Waals surface area contributed by atoms with Gasteiger partial charge in [0.2, 0.25) is 20.2 Å². The molecular formula is C20H25O6Si. The number of benzene rings is 1. The van der Waals surface area contributed by atoms with Crippen molar-refractivity contribution in [3.63, 3.8) is 0 Å². The summed E-state index contributed by atoms with van der Waals surface area (Å²) < 4.78 is 17.1. The van der Waals surface area contributed by atoms with Crippen molar-refractivity contribution in [2.24, 2.45) is 5.41 Å². The van der Waals surface area contributed by atoms with Crippen LogP contribution in [0.25, 0.3) is 0 Å². The summed E-state index contributed by atoms with van der Waals surface area (Å²) in [5.74, 6) is -1.97. The number of hydrogen-bond acceptors (Lipinski definition) is 5. The molecule has 0 spiro atoms. The molecule has 1 radical (unpaired) electrons. The van der Waals surface area contributed by atoms with Gasteiger partial charge in [0.15, 0.2) is 0 Å². The fraction of sp³-hybridized carbons (Fsp3) is 0.400. The zero-order valence-corrected chi connectivity index (χ0v) is 17.2. The van der Waals surface area contributed by atoms with E-state index in [0.29, 0.717) is 0 Å². The van der Waals surface area contributed by atoms with Crippen LogP contribution in [0.3, 0.4) is 0 Å². The fourth-order valence-corrected chi connectivity index (χ4v) is 3.48. The predicted molar refractivity (Wildman–Crippen MR) is 103 cm³/mol. The molecule has 0 bridgehead atoms. The Hall–Kier alpha value is -2.38. The van der Waals surface area contributed by atoms with E-state index in [1.165, 1.54) is 6.07 Å². The van der Waals surface area contributed by atoms with E-state index in [2.05, 4.69) is 0 Å². The van der Waals surface area contributed by atoms with E-state index < -0.39 is 32.3 Å². The van der Waals surface area contributed by atoms with Gasteiger partial charge in [-0.2, -0.15) is 0 Å². The van der Waals surface area contributed by atoms with Crippen molar-refractivity contribution < 1.29 is 23.5 Å². The quantitative estimate of drug-likeness (QED) is 0.712. The number of carbonyl (C=O) groups is 1. The van der Waals surface area contributed by atoms with Crippen LogP contribution < -0.4 is 10.2 Å². The Kier molecular flexibility index (Phi) is 6.62. The van der Waals surface area contributed by atoms with Gasteiger partial charge in [-0.15, -0.1) is 0 Å². The normalized spacial score (nSPS) is 12.8. The number of aromatic carboxylic acids is 1. The Labute approximate surface area is 160 Å². The molecular weight excluding hydrogens is 364 g/mol. The summed E-state index contributed by atoms with van der Waals surface area (Å²) in [5.41, 5.74) is -0.0964. The molecule has 2 aromatic rings. The minimum atomic E-state index is -1.36.